The van der Waals surface area contributed by atoms with E-state index in [-0.39, 0.29) is 14.9 Å². The average Bonchev–Trinajstić information content (AvgIpc) is 2.32. The molecule has 0 amide bonds. The fraction of sp³-hybridized carbons (Fsp3) is 0.455. The summed E-state index contributed by atoms with van der Waals surface area (Å²) in [6.45, 7) is 2.66. The van der Waals surface area contributed by atoms with Crippen LogP contribution in [0.3, 0.4) is 0 Å². The molecule has 0 aromatic heterocycles. The van der Waals surface area contributed by atoms with Gasteiger partial charge in [0.15, 0.2) is 0 Å². The van der Waals surface area contributed by atoms with Crippen molar-refractivity contribution in [3.05, 3.63) is 31.6 Å². The number of nitrogens with one attached hydrogen (secondary N) is 1. The molecule has 1 unspecified atom stereocenters. The smallest absolute Gasteiger partial charge is 0.293 e. The van der Waals surface area contributed by atoms with Gasteiger partial charge in [-0.05, 0) is 35.3 Å². The van der Waals surface area contributed by atoms with E-state index < -0.39 is 10.7 Å². The summed E-state index contributed by atoms with van der Waals surface area (Å²) in [4.78, 5) is 10.4. The number of anilines is 1. The topological polar surface area (TPSA) is 55.2 Å². The van der Waals surface area contributed by atoms with Crippen LogP contribution >= 0.6 is 34.4 Å². The van der Waals surface area contributed by atoms with Crippen molar-refractivity contribution in [1.29, 1.82) is 0 Å². The van der Waals surface area contributed by atoms with Crippen molar-refractivity contribution in [2.24, 2.45) is 0 Å². The van der Waals surface area contributed by atoms with E-state index in [1.807, 2.05) is 6.26 Å². The molecule has 18 heavy (non-hydrogen) atoms. The Balaban J connectivity index is 2.80. The molecule has 0 radical (unpaired) electrons. The second kappa shape index (κ2) is 7.13. The molecule has 7 heteroatoms. The number of nitro benzene ring substituents is 1. The van der Waals surface area contributed by atoms with Crippen molar-refractivity contribution < 1.29 is 9.31 Å². The molecule has 1 atom stereocenters. The number of nitro groups is 1. The lowest BCUT2D eigenvalue weighted by atomic mass is 10.2. The molecule has 1 aromatic carbocycles. The van der Waals surface area contributed by atoms with Crippen LogP contribution in [0.5, 0.6) is 0 Å². The first kappa shape index (κ1) is 15.5. The molecule has 0 fully saturated rings. The molecule has 1 N–H and O–H groups in total. The van der Waals surface area contributed by atoms with Crippen molar-refractivity contribution in [3.8, 4) is 0 Å². The Morgan fingerprint density at radius 1 is 1.61 bits per heavy atom. The van der Waals surface area contributed by atoms with Crippen molar-refractivity contribution >= 4 is 45.7 Å². The lowest BCUT2D eigenvalue weighted by Gasteiger charge is -2.11. The number of halogens is 2. The number of rotatable bonds is 6. The summed E-state index contributed by atoms with van der Waals surface area (Å²) >= 11 is 3.47. The number of nitrogens with zero attached hydrogens (tertiary/aromatic N) is 1. The zero-order chi connectivity index (χ0) is 13.7. The van der Waals surface area contributed by atoms with Gasteiger partial charge in [0.1, 0.15) is 11.5 Å². The van der Waals surface area contributed by atoms with Crippen molar-refractivity contribution in [2.45, 2.75) is 18.6 Å². The molecule has 0 aliphatic carbocycles. The van der Waals surface area contributed by atoms with Gasteiger partial charge in [0, 0.05) is 23.9 Å². The van der Waals surface area contributed by atoms with E-state index in [9.17, 15) is 14.5 Å². The number of hydrogen-bond donors (Lipinski definition) is 1. The van der Waals surface area contributed by atoms with E-state index in [1.165, 1.54) is 12.1 Å². The second-order valence-corrected chi connectivity index (χ2v) is 6.24. The summed E-state index contributed by atoms with van der Waals surface area (Å²) < 4.78 is 13.7. The minimum absolute atomic E-state index is 0.0856. The van der Waals surface area contributed by atoms with Gasteiger partial charge in [-0.25, -0.2) is 4.39 Å². The van der Waals surface area contributed by atoms with E-state index in [0.29, 0.717) is 11.8 Å². The van der Waals surface area contributed by atoms with Crippen LogP contribution in [-0.2, 0) is 0 Å². The van der Waals surface area contributed by atoms with Crippen molar-refractivity contribution in [1.82, 2.24) is 0 Å². The predicted octanol–water partition coefficient (Wildman–Crippen LogP) is 3.89. The summed E-state index contributed by atoms with van der Waals surface area (Å²) in [6, 6.07) is 2.43. The summed E-state index contributed by atoms with van der Waals surface area (Å²) in [7, 11) is 0. The van der Waals surface area contributed by atoms with Gasteiger partial charge in [-0.1, -0.05) is 6.92 Å². The van der Waals surface area contributed by atoms with Crippen molar-refractivity contribution in [3.63, 3.8) is 0 Å². The van der Waals surface area contributed by atoms with Gasteiger partial charge in [0.2, 0.25) is 0 Å². The highest BCUT2D eigenvalue weighted by molar-refractivity contribution is 14.1. The van der Waals surface area contributed by atoms with Crippen LogP contribution in [-0.4, -0.2) is 23.0 Å². The Bertz CT molecular complexity index is 445. The molecule has 4 nitrogen and oxygen atoms in total. The van der Waals surface area contributed by atoms with Gasteiger partial charge < -0.3 is 5.32 Å². The maximum atomic E-state index is 13.4. The molecule has 0 aliphatic rings. The van der Waals surface area contributed by atoms with Crippen LogP contribution in [0.2, 0.25) is 0 Å². The third kappa shape index (κ3) is 4.27. The highest BCUT2D eigenvalue weighted by Crippen LogP contribution is 2.28. The predicted molar refractivity (Wildman–Crippen MR) is 81.9 cm³/mol. The molecule has 1 rings (SSSR count). The van der Waals surface area contributed by atoms with Gasteiger partial charge >= 0.3 is 0 Å². The number of hydrogen-bond acceptors (Lipinski definition) is 4. The van der Waals surface area contributed by atoms with Gasteiger partial charge in [0.05, 0.1) is 8.49 Å². The van der Waals surface area contributed by atoms with E-state index in [2.05, 4.69) is 12.2 Å². The van der Waals surface area contributed by atoms with Crippen LogP contribution < -0.4 is 5.32 Å². The second-order valence-electron chi connectivity index (χ2n) is 3.80. The molecule has 0 spiro atoms. The average molecular weight is 384 g/mol. The zero-order valence-electron chi connectivity index (χ0n) is 10.1. The molecule has 0 saturated heterocycles. The summed E-state index contributed by atoms with van der Waals surface area (Å²) in [5, 5.41) is 14.3. The monoisotopic (exact) mass is 384 g/mol. The van der Waals surface area contributed by atoms with Crippen LogP contribution in [0.1, 0.15) is 13.3 Å². The summed E-state index contributed by atoms with van der Waals surface area (Å²) in [6.07, 6.45) is 2.88. The normalized spacial score (nSPS) is 12.2. The third-order valence-corrected chi connectivity index (χ3v) is 4.37. The molecule has 100 valence electrons. The largest absolute Gasteiger partial charge is 0.379 e. The molecule has 0 heterocycles. The lowest BCUT2D eigenvalue weighted by Crippen LogP contribution is -2.09. The first-order valence-corrected chi connectivity index (χ1v) is 7.72. The Labute approximate surface area is 123 Å². The van der Waals surface area contributed by atoms with Crippen LogP contribution in [0.25, 0.3) is 0 Å². The van der Waals surface area contributed by atoms with E-state index in [4.69, 9.17) is 0 Å². The Kier molecular flexibility index (Phi) is 6.13. The summed E-state index contributed by atoms with van der Waals surface area (Å²) in [5.74, 6) is -0.443. The number of thioether (sulfide) groups is 1. The molecular weight excluding hydrogens is 370 g/mol. The highest BCUT2D eigenvalue weighted by atomic mass is 127. The fourth-order valence-corrected chi connectivity index (χ4v) is 2.16. The SMILES string of the molecule is CSC(C)CCNc1cc(F)c(I)cc1[N+](=O)[O-]. The summed E-state index contributed by atoms with van der Waals surface area (Å²) in [5.41, 5.74) is 0.156. The Hall–Kier alpha value is -0.570. The van der Waals surface area contributed by atoms with Gasteiger partial charge in [-0.15, -0.1) is 0 Å². The van der Waals surface area contributed by atoms with E-state index in [1.54, 1.807) is 34.4 Å². The first-order chi connectivity index (χ1) is 8.45. The van der Waals surface area contributed by atoms with Crippen LogP contribution in [0, 0.1) is 19.5 Å². The highest BCUT2D eigenvalue weighted by Gasteiger charge is 2.17. The minimum Gasteiger partial charge on any atom is -0.379 e. The van der Waals surface area contributed by atoms with E-state index >= 15 is 0 Å². The Morgan fingerprint density at radius 2 is 2.28 bits per heavy atom. The maximum absolute atomic E-state index is 13.4. The van der Waals surface area contributed by atoms with Gasteiger partial charge in [-0.2, -0.15) is 11.8 Å². The first-order valence-electron chi connectivity index (χ1n) is 5.35. The molecule has 1 aromatic rings. The molecule has 0 bridgehead atoms. The lowest BCUT2D eigenvalue weighted by molar-refractivity contribution is -0.384. The molecular formula is C11H14FIN2O2S. The molecule has 0 aliphatic heterocycles. The molecule has 0 saturated carbocycles. The standard InChI is InChI=1S/C11H14FIN2O2S/c1-7(18-2)3-4-14-10-5-8(12)9(13)6-11(10)15(16)17/h5-7,14H,3-4H2,1-2H3. The van der Waals surface area contributed by atoms with Gasteiger partial charge in [0.25, 0.3) is 5.69 Å². The van der Waals surface area contributed by atoms with Crippen LogP contribution in [0.4, 0.5) is 15.8 Å². The maximum Gasteiger partial charge on any atom is 0.293 e. The van der Waals surface area contributed by atoms with Crippen molar-refractivity contribution in [2.75, 3.05) is 18.1 Å². The number of benzene rings is 1. The Morgan fingerprint density at radius 3 is 2.83 bits per heavy atom. The minimum atomic E-state index is -0.498. The fourth-order valence-electron chi connectivity index (χ4n) is 1.36. The van der Waals surface area contributed by atoms with Crippen LogP contribution in [0.15, 0.2) is 12.1 Å². The van der Waals surface area contributed by atoms with Gasteiger partial charge in [-0.3, -0.25) is 10.1 Å². The quantitative estimate of drug-likeness (QED) is 0.459. The van der Waals surface area contributed by atoms with E-state index in [0.717, 1.165) is 6.42 Å². The zero-order valence-corrected chi connectivity index (χ0v) is 13.0. The third-order valence-electron chi connectivity index (χ3n) is 2.50.